The van der Waals surface area contributed by atoms with Crippen molar-refractivity contribution in [1.82, 2.24) is 4.90 Å². The number of nitrogens with one attached hydrogen (secondary N) is 1. The largest absolute Gasteiger partial charge is 0.493 e. The number of thioether (sulfide) groups is 1. The van der Waals surface area contributed by atoms with Gasteiger partial charge in [-0.25, -0.2) is 0 Å². The molecule has 190 valence electrons. The van der Waals surface area contributed by atoms with Gasteiger partial charge < -0.3 is 14.8 Å². The van der Waals surface area contributed by atoms with Gasteiger partial charge in [-0.2, -0.15) is 0 Å². The van der Waals surface area contributed by atoms with E-state index in [1.54, 1.807) is 42.5 Å². The zero-order valence-corrected chi connectivity index (χ0v) is 23.2. The Morgan fingerprint density at radius 2 is 1.81 bits per heavy atom. The summed E-state index contributed by atoms with van der Waals surface area (Å²) in [6.45, 7) is -0.169. The molecular weight excluding hydrogens is 603 g/mol. The number of anilines is 1. The topological polar surface area (TPSA) is 84.9 Å². The highest BCUT2D eigenvalue weighted by Crippen LogP contribution is 2.39. The highest BCUT2D eigenvalue weighted by molar-refractivity contribution is 9.10. The summed E-state index contributed by atoms with van der Waals surface area (Å²) >= 11 is 16.7. The predicted molar refractivity (Wildman–Crippen MR) is 149 cm³/mol. The summed E-state index contributed by atoms with van der Waals surface area (Å²) in [6, 6.07) is 17.4. The van der Waals surface area contributed by atoms with Crippen molar-refractivity contribution in [2.45, 2.75) is 6.54 Å². The second-order valence-corrected chi connectivity index (χ2v) is 10.5. The van der Waals surface area contributed by atoms with Crippen molar-refractivity contribution in [2.24, 2.45) is 0 Å². The number of methoxy groups -OCH3 is 1. The molecule has 1 N–H and O–H groups in total. The van der Waals surface area contributed by atoms with E-state index in [1.165, 1.54) is 12.0 Å². The van der Waals surface area contributed by atoms with Crippen LogP contribution in [0.15, 0.2) is 70.0 Å². The van der Waals surface area contributed by atoms with E-state index in [0.717, 1.165) is 21.8 Å². The molecule has 0 aliphatic carbocycles. The molecule has 0 bridgehead atoms. The molecule has 37 heavy (non-hydrogen) atoms. The number of amides is 3. The molecule has 1 aliphatic rings. The van der Waals surface area contributed by atoms with Gasteiger partial charge in [0.15, 0.2) is 18.1 Å². The number of imide groups is 1. The van der Waals surface area contributed by atoms with Gasteiger partial charge in [0.2, 0.25) is 0 Å². The summed E-state index contributed by atoms with van der Waals surface area (Å²) in [4.78, 5) is 39.2. The fourth-order valence-corrected chi connectivity index (χ4v) is 4.97. The Hall–Kier alpha value is -2.98. The van der Waals surface area contributed by atoms with Gasteiger partial charge >= 0.3 is 0 Å². The molecule has 1 heterocycles. The third-order valence-corrected chi connectivity index (χ3v) is 7.22. The number of para-hydroxylation sites is 1. The van der Waals surface area contributed by atoms with Gasteiger partial charge in [0.05, 0.1) is 34.3 Å². The number of halogens is 3. The van der Waals surface area contributed by atoms with Crippen molar-refractivity contribution < 1.29 is 23.9 Å². The molecule has 1 saturated heterocycles. The molecule has 3 amide bonds. The van der Waals surface area contributed by atoms with Gasteiger partial charge in [0, 0.05) is 4.47 Å². The molecule has 3 aromatic carbocycles. The van der Waals surface area contributed by atoms with E-state index in [1.807, 2.05) is 24.3 Å². The maximum atomic E-state index is 12.9. The SMILES string of the molecule is COc1cc(/C=C2\SC(=O)N(Cc3ccc(Br)cc3)C2=O)cc(Cl)c1OCC(=O)Nc1ccccc1Cl. The number of carbonyl (C=O) groups excluding carboxylic acids is 3. The first-order chi connectivity index (χ1) is 17.7. The first kappa shape index (κ1) is 27.1. The molecule has 7 nitrogen and oxygen atoms in total. The molecule has 0 aromatic heterocycles. The van der Waals surface area contributed by atoms with E-state index in [2.05, 4.69) is 21.2 Å². The Labute approximate surface area is 235 Å². The van der Waals surface area contributed by atoms with Crippen LogP contribution in [0.1, 0.15) is 11.1 Å². The fraction of sp³-hybridized carbons (Fsp3) is 0.115. The standard InChI is InChI=1S/C26H19BrCl2N2O5S/c1-35-21-11-16(10-19(29)24(21)36-14-23(32)30-20-5-3-2-4-18(20)28)12-22-25(33)31(26(34)37-22)13-15-6-8-17(27)9-7-15/h2-12H,13-14H2,1H3,(H,30,32)/b22-12-. The molecule has 0 unspecified atom stereocenters. The number of rotatable bonds is 8. The summed E-state index contributed by atoms with van der Waals surface area (Å²) in [7, 11) is 1.43. The van der Waals surface area contributed by atoms with Crippen LogP contribution >= 0.6 is 50.9 Å². The summed E-state index contributed by atoms with van der Waals surface area (Å²) in [5.74, 6) is -0.406. The predicted octanol–water partition coefficient (Wildman–Crippen LogP) is 7.02. The van der Waals surface area contributed by atoms with Gasteiger partial charge in [-0.3, -0.25) is 19.3 Å². The molecule has 0 spiro atoms. The minimum Gasteiger partial charge on any atom is -0.493 e. The molecule has 1 fully saturated rings. The zero-order valence-electron chi connectivity index (χ0n) is 19.3. The number of carbonyl (C=O) groups is 3. The van der Waals surface area contributed by atoms with E-state index >= 15 is 0 Å². The molecular formula is C26H19BrCl2N2O5S. The third-order valence-electron chi connectivity index (χ3n) is 5.17. The molecule has 1 aliphatic heterocycles. The first-order valence-corrected chi connectivity index (χ1v) is 13.2. The average Bonchev–Trinajstić information content (AvgIpc) is 3.13. The van der Waals surface area contributed by atoms with E-state index < -0.39 is 11.8 Å². The maximum Gasteiger partial charge on any atom is 0.293 e. The Morgan fingerprint density at radius 3 is 2.51 bits per heavy atom. The van der Waals surface area contributed by atoms with Crippen molar-refractivity contribution in [3.05, 3.63) is 91.2 Å². The van der Waals surface area contributed by atoms with Crippen LogP contribution in [0.25, 0.3) is 6.08 Å². The Bertz CT molecular complexity index is 1400. The number of benzene rings is 3. The average molecular weight is 622 g/mol. The monoisotopic (exact) mass is 620 g/mol. The summed E-state index contributed by atoms with van der Waals surface area (Å²) in [5.41, 5.74) is 1.82. The number of nitrogens with zero attached hydrogens (tertiary/aromatic N) is 1. The van der Waals surface area contributed by atoms with Crippen LogP contribution < -0.4 is 14.8 Å². The lowest BCUT2D eigenvalue weighted by atomic mass is 10.1. The molecule has 0 radical (unpaired) electrons. The van der Waals surface area contributed by atoms with Gasteiger partial charge in [0.25, 0.3) is 17.1 Å². The molecule has 11 heteroatoms. The van der Waals surface area contributed by atoms with Gasteiger partial charge in [0.1, 0.15) is 0 Å². The van der Waals surface area contributed by atoms with Crippen LogP contribution in [0.3, 0.4) is 0 Å². The van der Waals surface area contributed by atoms with Crippen molar-refractivity contribution in [3.63, 3.8) is 0 Å². The van der Waals surface area contributed by atoms with Crippen molar-refractivity contribution in [2.75, 3.05) is 19.0 Å². The van der Waals surface area contributed by atoms with Crippen molar-refractivity contribution in [1.29, 1.82) is 0 Å². The van der Waals surface area contributed by atoms with E-state index in [0.29, 0.717) is 16.3 Å². The molecule has 0 saturated carbocycles. The fourth-order valence-electron chi connectivity index (χ4n) is 3.41. The Morgan fingerprint density at radius 1 is 1.08 bits per heavy atom. The van der Waals surface area contributed by atoms with E-state index in [-0.39, 0.29) is 39.8 Å². The van der Waals surface area contributed by atoms with E-state index in [9.17, 15) is 14.4 Å². The zero-order chi connectivity index (χ0) is 26.5. The summed E-state index contributed by atoms with van der Waals surface area (Å²) in [5, 5.41) is 2.87. The van der Waals surface area contributed by atoms with Crippen LogP contribution in [0.5, 0.6) is 11.5 Å². The minimum atomic E-state index is -0.435. The lowest BCUT2D eigenvalue weighted by molar-refractivity contribution is -0.123. The summed E-state index contributed by atoms with van der Waals surface area (Å²) in [6.07, 6.45) is 1.56. The molecule has 4 rings (SSSR count). The normalized spacial score (nSPS) is 14.3. The maximum absolute atomic E-state index is 12.9. The lowest BCUT2D eigenvalue weighted by Gasteiger charge is -2.14. The van der Waals surface area contributed by atoms with Crippen LogP contribution in [0, 0.1) is 0 Å². The number of hydrogen-bond acceptors (Lipinski definition) is 6. The summed E-state index contributed by atoms with van der Waals surface area (Å²) < 4.78 is 11.9. The van der Waals surface area contributed by atoms with Crippen LogP contribution in [0.4, 0.5) is 10.5 Å². The van der Waals surface area contributed by atoms with Crippen molar-refractivity contribution >= 4 is 79.7 Å². The molecule has 0 atom stereocenters. The van der Waals surface area contributed by atoms with Gasteiger partial charge in [-0.1, -0.05) is 63.4 Å². The van der Waals surface area contributed by atoms with Gasteiger partial charge in [-0.05, 0) is 65.4 Å². The third kappa shape index (κ3) is 6.67. The smallest absolute Gasteiger partial charge is 0.293 e. The Balaban J connectivity index is 1.47. The number of hydrogen-bond donors (Lipinski definition) is 1. The lowest BCUT2D eigenvalue weighted by Crippen LogP contribution is -2.27. The van der Waals surface area contributed by atoms with Crippen LogP contribution in [-0.2, 0) is 16.1 Å². The minimum absolute atomic E-state index is 0.166. The number of ether oxygens (including phenoxy) is 2. The quantitative estimate of drug-likeness (QED) is 0.272. The highest BCUT2D eigenvalue weighted by atomic mass is 79.9. The second-order valence-electron chi connectivity index (χ2n) is 7.75. The highest BCUT2D eigenvalue weighted by Gasteiger charge is 2.35. The van der Waals surface area contributed by atoms with Gasteiger partial charge in [-0.15, -0.1) is 0 Å². The van der Waals surface area contributed by atoms with E-state index in [4.69, 9.17) is 32.7 Å². The van der Waals surface area contributed by atoms with Crippen molar-refractivity contribution in [3.8, 4) is 11.5 Å². The van der Waals surface area contributed by atoms with Crippen LogP contribution in [-0.4, -0.2) is 35.7 Å². The van der Waals surface area contributed by atoms with Crippen LogP contribution in [0.2, 0.25) is 10.0 Å². The first-order valence-electron chi connectivity index (χ1n) is 10.8. The Kier molecular flexibility index (Phi) is 8.81. The second kappa shape index (κ2) is 12.0. The molecule has 3 aromatic rings.